The lowest BCUT2D eigenvalue weighted by atomic mass is 9.79. The van der Waals surface area contributed by atoms with Gasteiger partial charge in [-0.25, -0.2) is 8.78 Å². The second kappa shape index (κ2) is 8.30. The molecule has 0 radical (unpaired) electrons. The van der Waals surface area contributed by atoms with Gasteiger partial charge in [-0.15, -0.1) is 0 Å². The van der Waals surface area contributed by atoms with Crippen molar-refractivity contribution in [2.45, 2.75) is 52.4 Å². The van der Waals surface area contributed by atoms with Gasteiger partial charge < -0.3 is 4.74 Å². The Hall–Kier alpha value is -1.38. The van der Waals surface area contributed by atoms with Gasteiger partial charge in [0.1, 0.15) is 11.6 Å². The number of rotatable bonds is 6. The van der Waals surface area contributed by atoms with Gasteiger partial charge in [0.05, 0.1) is 6.61 Å². The summed E-state index contributed by atoms with van der Waals surface area (Å²) < 4.78 is 34.1. The molecular weight excluding hydrogens is 282 g/mol. The second-order valence-electron chi connectivity index (χ2n) is 6.13. The minimum atomic E-state index is -0.706. The molecule has 0 spiro atoms. The van der Waals surface area contributed by atoms with Gasteiger partial charge in [-0.2, -0.15) is 0 Å². The zero-order chi connectivity index (χ0) is 15.9. The monoisotopic (exact) mass is 308 g/mol. The highest BCUT2D eigenvalue weighted by atomic mass is 19.2. The predicted molar refractivity (Wildman–Crippen MR) is 87.1 cm³/mol. The van der Waals surface area contributed by atoms with E-state index in [9.17, 15) is 8.78 Å². The van der Waals surface area contributed by atoms with E-state index >= 15 is 0 Å². The molecule has 1 nitrogen and oxygen atoms in total. The Morgan fingerprint density at radius 2 is 1.68 bits per heavy atom. The summed E-state index contributed by atoms with van der Waals surface area (Å²) in [5.41, 5.74) is 0.302. The summed E-state index contributed by atoms with van der Waals surface area (Å²) >= 11 is 0. The van der Waals surface area contributed by atoms with Crippen molar-refractivity contribution in [2.75, 3.05) is 6.61 Å². The van der Waals surface area contributed by atoms with E-state index in [0.29, 0.717) is 23.8 Å². The molecular formula is C19H26F2O. The first-order chi connectivity index (χ1) is 10.7. The topological polar surface area (TPSA) is 9.23 Å². The molecule has 0 N–H and O–H groups in total. The van der Waals surface area contributed by atoms with Crippen molar-refractivity contribution in [3.8, 4) is 5.75 Å². The van der Waals surface area contributed by atoms with E-state index in [-0.39, 0.29) is 5.92 Å². The van der Waals surface area contributed by atoms with Crippen LogP contribution in [0.4, 0.5) is 8.78 Å². The molecule has 0 heterocycles. The van der Waals surface area contributed by atoms with Crippen LogP contribution in [-0.2, 0) is 0 Å². The average Bonchev–Trinajstić information content (AvgIpc) is 2.55. The van der Waals surface area contributed by atoms with Crippen LogP contribution in [0, 0.1) is 11.8 Å². The molecule has 2 rings (SSSR count). The highest BCUT2D eigenvalue weighted by Gasteiger charge is 2.26. The van der Waals surface area contributed by atoms with Crippen LogP contribution >= 0.6 is 0 Å². The lowest BCUT2D eigenvalue weighted by Crippen LogP contribution is -2.15. The minimum absolute atomic E-state index is 0.250. The molecule has 122 valence electrons. The summed E-state index contributed by atoms with van der Waals surface area (Å²) in [6, 6.07) is 6.54. The van der Waals surface area contributed by atoms with Crippen LogP contribution in [-0.4, -0.2) is 6.61 Å². The number of hydrogen-bond acceptors (Lipinski definition) is 1. The van der Waals surface area contributed by atoms with Crippen LogP contribution in [0.1, 0.15) is 57.9 Å². The fourth-order valence-corrected chi connectivity index (χ4v) is 3.29. The van der Waals surface area contributed by atoms with Gasteiger partial charge in [0.15, 0.2) is 5.83 Å². The largest absolute Gasteiger partial charge is 0.494 e. The standard InChI is InChI=1S/C19H26F2O/c1-3-5-14-6-8-15(9-7-14)18(20)19(21)16-10-12-17(13-11-16)22-4-2/h10-15H,3-9H2,1-2H3/b19-18+. The molecule has 1 aliphatic rings. The van der Waals surface area contributed by atoms with Gasteiger partial charge in [-0.1, -0.05) is 19.8 Å². The van der Waals surface area contributed by atoms with Crippen molar-refractivity contribution in [2.24, 2.45) is 11.8 Å². The Balaban J connectivity index is 2.02. The van der Waals surface area contributed by atoms with Gasteiger partial charge in [-0.3, -0.25) is 0 Å². The van der Waals surface area contributed by atoms with Crippen LogP contribution in [0.25, 0.3) is 5.83 Å². The van der Waals surface area contributed by atoms with Gasteiger partial charge in [-0.05, 0) is 62.8 Å². The third-order valence-electron chi connectivity index (χ3n) is 4.53. The third kappa shape index (κ3) is 4.31. The van der Waals surface area contributed by atoms with Crippen LogP contribution < -0.4 is 4.74 Å². The first kappa shape index (κ1) is 17.0. The van der Waals surface area contributed by atoms with Crippen molar-refractivity contribution in [3.63, 3.8) is 0 Å². The highest BCUT2D eigenvalue weighted by molar-refractivity contribution is 5.62. The van der Waals surface area contributed by atoms with Gasteiger partial charge in [0, 0.05) is 11.5 Å². The van der Waals surface area contributed by atoms with Crippen LogP contribution in [0.2, 0.25) is 0 Å². The molecule has 1 fully saturated rings. The maximum Gasteiger partial charge on any atom is 0.162 e. The average molecular weight is 308 g/mol. The summed E-state index contributed by atoms with van der Waals surface area (Å²) in [5.74, 6) is -0.150. The van der Waals surface area contributed by atoms with Crippen molar-refractivity contribution in [3.05, 3.63) is 35.7 Å². The Kier molecular flexibility index (Phi) is 6.41. The Bertz CT molecular complexity index is 485. The third-order valence-corrected chi connectivity index (χ3v) is 4.53. The maximum absolute atomic E-state index is 14.4. The van der Waals surface area contributed by atoms with E-state index in [2.05, 4.69) is 6.92 Å². The van der Waals surface area contributed by atoms with E-state index < -0.39 is 11.7 Å². The van der Waals surface area contributed by atoms with Crippen LogP contribution in [0.15, 0.2) is 30.1 Å². The fourth-order valence-electron chi connectivity index (χ4n) is 3.29. The Morgan fingerprint density at radius 3 is 2.23 bits per heavy atom. The number of allylic oxidation sites excluding steroid dienone is 1. The van der Waals surface area contributed by atoms with E-state index in [1.807, 2.05) is 6.92 Å². The number of benzene rings is 1. The summed E-state index contributed by atoms with van der Waals surface area (Å²) in [5, 5.41) is 0. The van der Waals surface area contributed by atoms with Gasteiger partial charge in [0.2, 0.25) is 0 Å². The lowest BCUT2D eigenvalue weighted by molar-refractivity contribution is 0.261. The predicted octanol–water partition coefficient (Wildman–Crippen LogP) is 6.30. The summed E-state index contributed by atoms with van der Waals surface area (Å²) in [6.07, 6.45) is 5.94. The molecule has 0 atom stereocenters. The number of hydrogen-bond donors (Lipinski definition) is 0. The summed E-state index contributed by atoms with van der Waals surface area (Å²) in [7, 11) is 0. The zero-order valence-electron chi connectivity index (χ0n) is 13.6. The first-order valence-corrected chi connectivity index (χ1v) is 8.44. The van der Waals surface area contributed by atoms with Crippen LogP contribution in [0.5, 0.6) is 5.75 Å². The molecule has 0 aromatic heterocycles. The van der Waals surface area contributed by atoms with E-state index in [1.54, 1.807) is 24.3 Å². The van der Waals surface area contributed by atoms with E-state index in [4.69, 9.17) is 4.74 Å². The molecule has 3 heteroatoms. The second-order valence-corrected chi connectivity index (χ2v) is 6.13. The molecule has 1 aromatic rings. The highest BCUT2D eigenvalue weighted by Crippen LogP contribution is 2.39. The quantitative estimate of drug-likeness (QED) is 0.599. The van der Waals surface area contributed by atoms with Crippen molar-refractivity contribution < 1.29 is 13.5 Å². The van der Waals surface area contributed by atoms with Crippen molar-refractivity contribution >= 4 is 5.83 Å². The molecule has 1 aromatic carbocycles. The van der Waals surface area contributed by atoms with E-state index in [0.717, 1.165) is 25.7 Å². The minimum Gasteiger partial charge on any atom is -0.494 e. The normalized spacial score (nSPS) is 23.1. The maximum atomic E-state index is 14.4. The number of halogens is 2. The van der Waals surface area contributed by atoms with E-state index in [1.165, 1.54) is 12.8 Å². The zero-order valence-corrected chi connectivity index (χ0v) is 13.6. The summed E-state index contributed by atoms with van der Waals surface area (Å²) in [4.78, 5) is 0. The SMILES string of the molecule is CCCC1CCC(/C(F)=C(\F)c2ccc(OCC)cc2)CC1. The lowest BCUT2D eigenvalue weighted by Gasteiger charge is -2.27. The first-order valence-electron chi connectivity index (χ1n) is 8.44. The molecule has 0 aliphatic heterocycles. The molecule has 1 aliphatic carbocycles. The fraction of sp³-hybridized carbons (Fsp3) is 0.579. The summed E-state index contributed by atoms with van der Waals surface area (Å²) in [6.45, 7) is 4.63. The molecule has 0 bridgehead atoms. The smallest absolute Gasteiger partial charge is 0.162 e. The Morgan fingerprint density at radius 1 is 1.05 bits per heavy atom. The van der Waals surface area contributed by atoms with Crippen molar-refractivity contribution in [1.29, 1.82) is 0 Å². The van der Waals surface area contributed by atoms with Crippen molar-refractivity contribution in [1.82, 2.24) is 0 Å². The number of ether oxygens (including phenoxy) is 1. The Labute approximate surface area is 132 Å². The molecule has 1 saturated carbocycles. The molecule has 22 heavy (non-hydrogen) atoms. The van der Waals surface area contributed by atoms with Gasteiger partial charge >= 0.3 is 0 Å². The molecule has 0 unspecified atom stereocenters. The van der Waals surface area contributed by atoms with Crippen LogP contribution in [0.3, 0.4) is 0 Å². The van der Waals surface area contributed by atoms with Gasteiger partial charge in [0.25, 0.3) is 0 Å². The molecule has 0 saturated heterocycles. The molecule has 0 amide bonds.